The van der Waals surface area contributed by atoms with Crippen molar-refractivity contribution in [3.8, 4) is 0 Å². The van der Waals surface area contributed by atoms with Crippen molar-refractivity contribution in [2.24, 2.45) is 0 Å². The SMILES string of the molecule is O=C1CC(=O)N(CCN2CCCC2)C1. The van der Waals surface area contributed by atoms with Gasteiger partial charge in [0, 0.05) is 13.1 Å². The number of carbonyl (C=O) groups is 2. The second-order valence-electron chi connectivity index (χ2n) is 4.08. The van der Waals surface area contributed by atoms with Crippen LogP contribution in [0, 0.1) is 0 Å². The van der Waals surface area contributed by atoms with Gasteiger partial charge in [0.1, 0.15) is 0 Å². The van der Waals surface area contributed by atoms with E-state index in [0.29, 0.717) is 6.54 Å². The number of nitrogens with zero attached hydrogens (tertiary/aromatic N) is 2. The summed E-state index contributed by atoms with van der Waals surface area (Å²) in [5.41, 5.74) is 0. The molecule has 0 atom stereocenters. The summed E-state index contributed by atoms with van der Waals surface area (Å²) >= 11 is 0. The predicted molar refractivity (Wildman–Crippen MR) is 51.9 cm³/mol. The minimum absolute atomic E-state index is 0.00852. The van der Waals surface area contributed by atoms with Crippen molar-refractivity contribution in [2.75, 3.05) is 32.7 Å². The molecule has 0 aliphatic carbocycles. The van der Waals surface area contributed by atoms with Crippen molar-refractivity contribution in [1.82, 2.24) is 9.80 Å². The molecule has 0 radical (unpaired) electrons. The molecule has 2 aliphatic heterocycles. The lowest BCUT2D eigenvalue weighted by molar-refractivity contribution is -0.128. The third-order valence-corrected chi connectivity index (χ3v) is 2.95. The minimum Gasteiger partial charge on any atom is -0.334 e. The highest BCUT2D eigenvalue weighted by Gasteiger charge is 2.27. The van der Waals surface area contributed by atoms with Crippen LogP contribution < -0.4 is 0 Å². The summed E-state index contributed by atoms with van der Waals surface area (Å²) in [6, 6.07) is 0. The van der Waals surface area contributed by atoms with E-state index < -0.39 is 0 Å². The van der Waals surface area contributed by atoms with Crippen molar-refractivity contribution < 1.29 is 9.59 Å². The predicted octanol–water partition coefficient (Wildman–Crippen LogP) is -0.116. The Hall–Kier alpha value is -0.900. The highest BCUT2D eigenvalue weighted by Crippen LogP contribution is 2.09. The summed E-state index contributed by atoms with van der Waals surface area (Å²) in [5.74, 6) is 0.0746. The van der Waals surface area contributed by atoms with Crippen LogP contribution in [0.3, 0.4) is 0 Å². The summed E-state index contributed by atoms with van der Waals surface area (Å²) in [6.07, 6.45) is 2.67. The van der Waals surface area contributed by atoms with E-state index in [1.165, 1.54) is 12.8 Å². The number of ketones is 1. The van der Waals surface area contributed by atoms with Crippen LogP contribution in [0.1, 0.15) is 19.3 Å². The van der Waals surface area contributed by atoms with Gasteiger partial charge < -0.3 is 9.80 Å². The number of Topliss-reactive ketones (excluding diaryl/α,β-unsaturated/α-hetero) is 1. The molecule has 2 aliphatic rings. The molecule has 0 bridgehead atoms. The Morgan fingerprint density at radius 1 is 1.07 bits per heavy atom. The normalized spacial score (nSPS) is 23.9. The van der Waals surface area contributed by atoms with Gasteiger partial charge in [0.15, 0.2) is 5.78 Å². The fourth-order valence-electron chi connectivity index (χ4n) is 2.11. The third-order valence-electron chi connectivity index (χ3n) is 2.95. The Balaban J connectivity index is 1.74. The average Bonchev–Trinajstić information content (AvgIpc) is 2.72. The van der Waals surface area contributed by atoms with Gasteiger partial charge in [-0.3, -0.25) is 9.59 Å². The van der Waals surface area contributed by atoms with Gasteiger partial charge in [0.25, 0.3) is 0 Å². The minimum atomic E-state index is 0.00852. The van der Waals surface area contributed by atoms with Gasteiger partial charge in [0.2, 0.25) is 5.91 Å². The maximum Gasteiger partial charge on any atom is 0.230 e. The fraction of sp³-hybridized carbons (Fsp3) is 0.800. The molecule has 4 heteroatoms. The first-order valence-corrected chi connectivity index (χ1v) is 5.27. The molecular weight excluding hydrogens is 180 g/mol. The van der Waals surface area contributed by atoms with Gasteiger partial charge in [-0.2, -0.15) is 0 Å². The van der Waals surface area contributed by atoms with Crippen LogP contribution in [0.5, 0.6) is 0 Å². The highest BCUT2D eigenvalue weighted by atomic mass is 16.2. The van der Waals surface area contributed by atoms with E-state index >= 15 is 0 Å². The molecule has 4 nitrogen and oxygen atoms in total. The van der Waals surface area contributed by atoms with E-state index in [4.69, 9.17) is 0 Å². The Bertz CT molecular complexity index is 247. The molecule has 78 valence electrons. The Morgan fingerprint density at radius 2 is 1.79 bits per heavy atom. The fourth-order valence-corrected chi connectivity index (χ4v) is 2.11. The number of hydrogen-bond donors (Lipinski definition) is 0. The maximum absolute atomic E-state index is 11.3. The number of hydrogen-bond acceptors (Lipinski definition) is 3. The molecule has 0 aromatic carbocycles. The summed E-state index contributed by atoms with van der Waals surface area (Å²) in [5, 5.41) is 0. The van der Waals surface area contributed by atoms with Gasteiger partial charge in [0.05, 0.1) is 13.0 Å². The average molecular weight is 196 g/mol. The Labute approximate surface area is 83.9 Å². The second-order valence-corrected chi connectivity index (χ2v) is 4.08. The molecule has 2 saturated heterocycles. The number of rotatable bonds is 3. The van der Waals surface area contributed by atoms with Crippen molar-refractivity contribution >= 4 is 11.7 Å². The van der Waals surface area contributed by atoms with E-state index in [1.54, 1.807) is 4.90 Å². The van der Waals surface area contributed by atoms with E-state index in [0.717, 1.165) is 26.2 Å². The molecule has 14 heavy (non-hydrogen) atoms. The molecule has 2 fully saturated rings. The van der Waals surface area contributed by atoms with Gasteiger partial charge in [-0.15, -0.1) is 0 Å². The van der Waals surface area contributed by atoms with Crippen molar-refractivity contribution in [3.63, 3.8) is 0 Å². The smallest absolute Gasteiger partial charge is 0.230 e. The molecule has 0 spiro atoms. The topological polar surface area (TPSA) is 40.6 Å². The van der Waals surface area contributed by atoms with Gasteiger partial charge in [-0.05, 0) is 25.9 Å². The molecular formula is C10H16N2O2. The monoisotopic (exact) mass is 196 g/mol. The summed E-state index contributed by atoms with van der Waals surface area (Å²) < 4.78 is 0. The van der Waals surface area contributed by atoms with Crippen LogP contribution in [-0.2, 0) is 9.59 Å². The van der Waals surface area contributed by atoms with E-state index in [-0.39, 0.29) is 18.1 Å². The zero-order chi connectivity index (χ0) is 9.97. The molecule has 0 unspecified atom stereocenters. The lowest BCUT2D eigenvalue weighted by Crippen LogP contribution is -2.34. The summed E-state index contributed by atoms with van der Waals surface area (Å²) in [6.45, 7) is 4.29. The number of amides is 1. The van der Waals surface area contributed by atoms with Crippen LogP contribution in [0.15, 0.2) is 0 Å². The van der Waals surface area contributed by atoms with Crippen molar-refractivity contribution in [3.05, 3.63) is 0 Å². The zero-order valence-electron chi connectivity index (χ0n) is 8.37. The van der Waals surface area contributed by atoms with Crippen LogP contribution in [0.25, 0.3) is 0 Å². The Morgan fingerprint density at radius 3 is 2.36 bits per heavy atom. The standard InChI is InChI=1S/C10H16N2O2/c13-9-7-10(14)12(8-9)6-5-11-3-1-2-4-11/h1-8H2. The first kappa shape index (κ1) is 9.65. The first-order chi connectivity index (χ1) is 6.75. The molecule has 1 amide bonds. The van der Waals surface area contributed by atoms with Gasteiger partial charge in [-0.1, -0.05) is 0 Å². The van der Waals surface area contributed by atoms with Crippen LogP contribution in [0.4, 0.5) is 0 Å². The maximum atomic E-state index is 11.3. The molecule has 0 aromatic heterocycles. The van der Waals surface area contributed by atoms with Crippen molar-refractivity contribution in [1.29, 1.82) is 0 Å². The zero-order valence-corrected chi connectivity index (χ0v) is 8.37. The molecule has 0 saturated carbocycles. The van der Waals surface area contributed by atoms with Gasteiger partial charge >= 0.3 is 0 Å². The lowest BCUT2D eigenvalue weighted by Gasteiger charge is -2.19. The molecule has 2 rings (SSSR count). The van der Waals surface area contributed by atoms with E-state index in [1.807, 2.05) is 0 Å². The third kappa shape index (κ3) is 2.12. The van der Waals surface area contributed by atoms with Crippen LogP contribution in [-0.4, -0.2) is 54.2 Å². The van der Waals surface area contributed by atoms with E-state index in [9.17, 15) is 9.59 Å². The summed E-state index contributed by atoms with van der Waals surface area (Å²) in [4.78, 5) is 26.3. The van der Waals surface area contributed by atoms with E-state index in [2.05, 4.69) is 4.90 Å². The summed E-state index contributed by atoms with van der Waals surface area (Å²) in [7, 11) is 0. The van der Waals surface area contributed by atoms with Crippen LogP contribution in [0.2, 0.25) is 0 Å². The number of carbonyl (C=O) groups excluding carboxylic acids is 2. The quantitative estimate of drug-likeness (QED) is 0.591. The number of likely N-dealkylation sites (tertiary alicyclic amines) is 2. The Kier molecular flexibility index (Phi) is 2.82. The highest BCUT2D eigenvalue weighted by molar-refractivity contribution is 6.05. The second kappa shape index (κ2) is 4.09. The molecule has 0 aromatic rings. The largest absolute Gasteiger partial charge is 0.334 e. The van der Waals surface area contributed by atoms with Gasteiger partial charge in [-0.25, -0.2) is 0 Å². The van der Waals surface area contributed by atoms with Crippen LogP contribution >= 0.6 is 0 Å². The van der Waals surface area contributed by atoms with Crippen molar-refractivity contribution in [2.45, 2.75) is 19.3 Å². The molecule has 0 N–H and O–H groups in total. The first-order valence-electron chi connectivity index (χ1n) is 5.27. The lowest BCUT2D eigenvalue weighted by atomic mass is 10.3. The molecule has 2 heterocycles.